The molecule has 0 saturated carbocycles. The van der Waals surface area contributed by atoms with Crippen molar-refractivity contribution in [1.29, 1.82) is 0 Å². The molecule has 2 aromatic carbocycles. The number of benzene rings is 2. The summed E-state index contributed by atoms with van der Waals surface area (Å²) in [5.41, 5.74) is 1.94. The van der Waals surface area contributed by atoms with Crippen LogP contribution in [-0.4, -0.2) is 44.4 Å². The molecular weight excluding hydrogens is 484 g/mol. The van der Waals surface area contributed by atoms with Crippen molar-refractivity contribution < 1.29 is 19.2 Å². The summed E-state index contributed by atoms with van der Waals surface area (Å²) in [6.07, 6.45) is 0.221. The molecule has 190 valence electrons. The lowest BCUT2D eigenvalue weighted by Crippen LogP contribution is -2.30. The Labute approximate surface area is 212 Å². The number of nitrogens with one attached hydrogen (secondary N) is 2. The second-order valence-electron chi connectivity index (χ2n) is 7.99. The normalized spacial score (nSPS) is 11.6. The van der Waals surface area contributed by atoms with E-state index in [1.807, 2.05) is 42.7 Å². The minimum atomic E-state index is -0.480. The van der Waals surface area contributed by atoms with Gasteiger partial charge in [0.25, 0.3) is 5.69 Å². The molecule has 36 heavy (non-hydrogen) atoms. The number of carbonyl (C=O) groups is 2. The van der Waals surface area contributed by atoms with Crippen LogP contribution < -0.4 is 15.4 Å². The number of thioether (sulfide) groups is 1. The summed E-state index contributed by atoms with van der Waals surface area (Å²) < 4.78 is 6.99. The molecule has 0 radical (unpaired) electrons. The molecule has 0 aliphatic rings. The number of carbonyl (C=O) groups excluding carboxylic acids is 2. The Morgan fingerprint density at radius 2 is 1.89 bits per heavy atom. The maximum Gasteiger partial charge on any atom is 0.269 e. The third-order valence-corrected chi connectivity index (χ3v) is 6.34. The fourth-order valence-electron chi connectivity index (χ4n) is 3.53. The lowest BCUT2D eigenvalue weighted by molar-refractivity contribution is -0.384. The number of nitrogens with zero attached hydrogens (tertiary/aromatic N) is 4. The molecule has 0 saturated heterocycles. The SMILES string of the molecule is CCn1c(SCC(=O)Nc2ccc([N+](=O)[O-])cc2C)nnc1[C@@H](C)NC(=O)Cc1ccc(OC)cc1. The summed E-state index contributed by atoms with van der Waals surface area (Å²) in [4.78, 5) is 35.4. The maximum absolute atomic E-state index is 12.5. The van der Waals surface area contributed by atoms with Gasteiger partial charge in [-0.15, -0.1) is 10.2 Å². The molecule has 0 bridgehead atoms. The van der Waals surface area contributed by atoms with Gasteiger partial charge in [-0.3, -0.25) is 19.7 Å². The first-order chi connectivity index (χ1) is 17.2. The number of aromatic nitrogens is 3. The molecule has 1 aromatic heterocycles. The van der Waals surface area contributed by atoms with E-state index in [1.54, 1.807) is 14.0 Å². The number of hydrogen-bond acceptors (Lipinski definition) is 8. The van der Waals surface area contributed by atoms with Crippen molar-refractivity contribution in [1.82, 2.24) is 20.1 Å². The van der Waals surface area contributed by atoms with Crippen molar-refractivity contribution in [2.75, 3.05) is 18.2 Å². The number of nitro groups is 1. The van der Waals surface area contributed by atoms with E-state index in [9.17, 15) is 19.7 Å². The molecule has 0 fully saturated rings. The third kappa shape index (κ3) is 6.81. The van der Waals surface area contributed by atoms with E-state index in [4.69, 9.17) is 4.74 Å². The number of non-ortho nitro benzene ring substituents is 1. The number of ether oxygens (including phenoxy) is 1. The molecule has 11 nitrogen and oxygen atoms in total. The van der Waals surface area contributed by atoms with Gasteiger partial charge in [-0.2, -0.15) is 0 Å². The van der Waals surface area contributed by atoms with Crippen LogP contribution in [0.15, 0.2) is 47.6 Å². The van der Waals surface area contributed by atoms with Gasteiger partial charge < -0.3 is 19.9 Å². The highest BCUT2D eigenvalue weighted by atomic mass is 32.2. The largest absolute Gasteiger partial charge is 0.497 e. The molecule has 3 rings (SSSR count). The minimum Gasteiger partial charge on any atom is -0.497 e. The average molecular weight is 513 g/mol. The number of nitro benzene ring substituents is 1. The van der Waals surface area contributed by atoms with E-state index in [0.29, 0.717) is 28.8 Å². The Bertz CT molecular complexity index is 1240. The standard InChI is InChI=1S/C24H28N6O5S/c1-5-29-23(16(3)25-21(31)13-17-6-9-19(35-4)10-7-17)27-28-24(29)36-14-22(32)26-20-11-8-18(30(33)34)12-15(20)2/h6-12,16H,5,13-14H2,1-4H3,(H,25,31)(H,26,32)/t16-/m1/s1. The van der Waals surface area contributed by atoms with E-state index < -0.39 is 4.92 Å². The van der Waals surface area contributed by atoms with Crippen molar-refractivity contribution in [3.63, 3.8) is 0 Å². The van der Waals surface area contributed by atoms with Crippen LogP contribution in [0.4, 0.5) is 11.4 Å². The third-order valence-electron chi connectivity index (χ3n) is 5.38. The summed E-state index contributed by atoms with van der Waals surface area (Å²) in [5, 5.41) is 25.6. The topological polar surface area (TPSA) is 141 Å². The van der Waals surface area contributed by atoms with Crippen molar-refractivity contribution in [3.8, 4) is 5.75 Å². The Balaban J connectivity index is 1.57. The molecule has 1 heterocycles. The number of methoxy groups -OCH3 is 1. The zero-order valence-electron chi connectivity index (χ0n) is 20.5. The number of hydrogen-bond donors (Lipinski definition) is 2. The lowest BCUT2D eigenvalue weighted by atomic mass is 10.1. The number of rotatable bonds is 11. The summed E-state index contributed by atoms with van der Waals surface area (Å²) in [6, 6.07) is 11.2. The van der Waals surface area contributed by atoms with Gasteiger partial charge in [0.15, 0.2) is 11.0 Å². The molecule has 2 amide bonds. The van der Waals surface area contributed by atoms with Crippen LogP contribution in [0, 0.1) is 17.0 Å². The summed E-state index contributed by atoms with van der Waals surface area (Å²) in [5.74, 6) is 0.975. The fraction of sp³-hybridized carbons (Fsp3) is 0.333. The van der Waals surface area contributed by atoms with Gasteiger partial charge >= 0.3 is 0 Å². The van der Waals surface area contributed by atoms with Gasteiger partial charge in [0, 0.05) is 24.4 Å². The van der Waals surface area contributed by atoms with Crippen LogP contribution in [0.2, 0.25) is 0 Å². The molecule has 12 heteroatoms. The minimum absolute atomic E-state index is 0.0336. The summed E-state index contributed by atoms with van der Waals surface area (Å²) in [7, 11) is 1.59. The predicted molar refractivity (Wildman–Crippen MR) is 136 cm³/mol. The number of aryl methyl sites for hydroxylation is 1. The molecular formula is C24H28N6O5S. The van der Waals surface area contributed by atoms with Gasteiger partial charge in [-0.05, 0) is 50.1 Å². The fourth-order valence-corrected chi connectivity index (χ4v) is 4.34. The monoisotopic (exact) mass is 512 g/mol. The van der Waals surface area contributed by atoms with Gasteiger partial charge in [0.1, 0.15) is 5.75 Å². The van der Waals surface area contributed by atoms with Crippen LogP contribution in [0.1, 0.15) is 36.8 Å². The van der Waals surface area contributed by atoms with Gasteiger partial charge in [-0.25, -0.2) is 0 Å². The van der Waals surface area contributed by atoms with E-state index in [0.717, 1.165) is 11.3 Å². The molecule has 0 aliphatic heterocycles. The van der Waals surface area contributed by atoms with Gasteiger partial charge in [-0.1, -0.05) is 23.9 Å². The smallest absolute Gasteiger partial charge is 0.269 e. The zero-order chi connectivity index (χ0) is 26.2. The Hall–Kier alpha value is -3.93. The van der Waals surface area contributed by atoms with Gasteiger partial charge in [0.05, 0.1) is 30.2 Å². The number of amides is 2. The zero-order valence-corrected chi connectivity index (χ0v) is 21.3. The predicted octanol–water partition coefficient (Wildman–Crippen LogP) is 3.67. The molecule has 1 atom stereocenters. The Morgan fingerprint density at radius 3 is 2.50 bits per heavy atom. The lowest BCUT2D eigenvalue weighted by Gasteiger charge is -2.15. The summed E-state index contributed by atoms with van der Waals surface area (Å²) >= 11 is 1.22. The first kappa shape index (κ1) is 26.7. The maximum atomic E-state index is 12.5. The summed E-state index contributed by atoms with van der Waals surface area (Å²) in [6.45, 7) is 6.02. The highest BCUT2D eigenvalue weighted by molar-refractivity contribution is 7.99. The van der Waals surface area contributed by atoms with Crippen LogP contribution >= 0.6 is 11.8 Å². The van der Waals surface area contributed by atoms with Crippen molar-refractivity contribution in [2.45, 2.75) is 44.9 Å². The Morgan fingerprint density at radius 1 is 1.17 bits per heavy atom. The van der Waals surface area contributed by atoms with Crippen LogP contribution in [0.25, 0.3) is 0 Å². The highest BCUT2D eigenvalue weighted by Gasteiger charge is 2.20. The van der Waals surface area contributed by atoms with E-state index in [-0.39, 0.29) is 35.7 Å². The highest BCUT2D eigenvalue weighted by Crippen LogP contribution is 2.23. The van der Waals surface area contributed by atoms with Crippen LogP contribution in [-0.2, 0) is 22.6 Å². The van der Waals surface area contributed by atoms with Gasteiger partial charge in [0.2, 0.25) is 11.8 Å². The van der Waals surface area contributed by atoms with Crippen molar-refractivity contribution in [2.24, 2.45) is 0 Å². The molecule has 0 aliphatic carbocycles. The molecule has 3 aromatic rings. The Kier molecular flexibility index (Phi) is 9.01. The quantitative estimate of drug-likeness (QED) is 0.225. The molecule has 0 spiro atoms. The second-order valence-corrected chi connectivity index (χ2v) is 8.93. The first-order valence-electron chi connectivity index (χ1n) is 11.2. The molecule has 2 N–H and O–H groups in total. The van der Waals surface area contributed by atoms with Crippen LogP contribution in [0.5, 0.6) is 5.75 Å². The molecule has 0 unspecified atom stereocenters. The van der Waals surface area contributed by atoms with Crippen molar-refractivity contribution >= 4 is 35.0 Å². The first-order valence-corrected chi connectivity index (χ1v) is 12.2. The van der Waals surface area contributed by atoms with Crippen LogP contribution in [0.3, 0.4) is 0 Å². The van der Waals surface area contributed by atoms with E-state index >= 15 is 0 Å². The van der Waals surface area contributed by atoms with E-state index in [2.05, 4.69) is 20.8 Å². The van der Waals surface area contributed by atoms with E-state index in [1.165, 1.54) is 30.0 Å². The number of anilines is 1. The second kappa shape index (κ2) is 12.2. The average Bonchev–Trinajstić information content (AvgIpc) is 3.27. The van der Waals surface area contributed by atoms with Crippen molar-refractivity contribution in [3.05, 3.63) is 69.5 Å².